The summed E-state index contributed by atoms with van der Waals surface area (Å²) >= 11 is 0. The Labute approximate surface area is 451 Å². The van der Waals surface area contributed by atoms with Crippen molar-refractivity contribution in [2.75, 3.05) is 47.5 Å². The van der Waals surface area contributed by atoms with Crippen LogP contribution in [0.1, 0.15) is 277 Å². The standard InChI is InChI=1S/C63H116NO8P/c1-6-8-10-12-14-16-18-20-22-24-25-26-27-28-29-30-31-32-33-34-35-36-37-38-39-40-42-44-46-48-50-52-54-56-63(66)72-61(60-71-73(67,68)70-58-57-64(3,4)5)59-69-62(65)55-53-51-49-47-45-43-41-23-21-19-17-15-13-11-9-7-2/h8,10,14,16,20,22,25-26,28-29,61H,6-7,9,11-13,15,17-19,21,23-24,27,30-60H2,1-5H3/p+1/b10-8-,16-14-,22-20-,26-25-,29-28-. The summed E-state index contributed by atoms with van der Waals surface area (Å²) < 4.78 is 34.6. The molecule has 0 radical (unpaired) electrons. The topological polar surface area (TPSA) is 108 Å². The molecule has 0 aromatic heterocycles. The number of carbonyl (C=O) groups excluding carboxylic acids is 2. The minimum Gasteiger partial charge on any atom is -0.462 e. The summed E-state index contributed by atoms with van der Waals surface area (Å²) in [6.07, 6.45) is 70.1. The zero-order valence-corrected chi connectivity index (χ0v) is 49.3. The van der Waals surface area contributed by atoms with Crippen LogP contribution in [0.4, 0.5) is 0 Å². The van der Waals surface area contributed by atoms with Crippen LogP contribution in [0.2, 0.25) is 0 Å². The molecule has 0 heterocycles. The summed E-state index contributed by atoms with van der Waals surface area (Å²) in [6, 6.07) is 0. The highest BCUT2D eigenvalue weighted by Crippen LogP contribution is 2.43. The molecule has 0 fully saturated rings. The Kier molecular flexibility index (Phi) is 52.8. The van der Waals surface area contributed by atoms with Gasteiger partial charge in [-0.05, 0) is 57.8 Å². The lowest BCUT2D eigenvalue weighted by Gasteiger charge is -2.24. The number of rotatable bonds is 56. The summed E-state index contributed by atoms with van der Waals surface area (Å²) in [6.45, 7) is 4.36. The van der Waals surface area contributed by atoms with E-state index in [1.807, 2.05) is 21.1 Å². The van der Waals surface area contributed by atoms with E-state index in [0.717, 1.165) is 64.2 Å². The van der Waals surface area contributed by atoms with Crippen LogP contribution in [0.5, 0.6) is 0 Å². The van der Waals surface area contributed by atoms with Gasteiger partial charge in [-0.1, -0.05) is 267 Å². The van der Waals surface area contributed by atoms with E-state index in [1.165, 1.54) is 180 Å². The Morgan fingerprint density at radius 2 is 0.781 bits per heavy atom. The lowest BCUT2D eigenvalue weighted by Crippen LogP contribution is -2.37. The molecule has 0 aromatic carbocycles. The van der Waals surface area contributed by atoms with Crippen molar-refractivity contribution in [3.8, 4) is 0 Å². The van der Waals surface area contributed by atoms with Crippen molar-refractivity contribution < 1.29 is 42.1 Å². The molecule has 2 atom stereocenters. The molecule has 426 valence electrons. The minimum absolute atomic E-state index is 0.0331. The van der Waals surface area contributed by atoms with Crippen molar-refractivity contribution in [3.63, 3.8) is 0 Å². The Bertz CT molecular complexity index is 1420. The average molecular weight is 1050 g/mol. The highest BCUT2D eigenvalue weighted by atomic mass is 31.2. The molecule has 0 rings (SSSR count). The van der Waals surface area contributed by atoms with E-state index in [0.29, 0.717) is 23.9 Å². The van der Waals surface area contributed by atoms with E-state index in [4.69, 9.17) is 18.5 Å². The molecular weight excluding hydrogens is 930 g/mol. The van der Waals surface area contributed by atoms with Gasteiger partial charge in [0.05, 0.1) is 27.7 Å². The Hall–Kier alpha value is -2.29. The van der Waals surface area contributed by atoms with Gasteiger partial charge in [0.25, 0.3) is 0 Å². The van der Waals surface area contributed by atoms with Crippen molar-refractivity contribution in [2.24, 2.45) is 0 Å². The van der Waals surface area contributed by atoms with Crippen molar-refractivity contribution >= 4 is 19.8 Å². The largest absolute Gasteiger partial charge is 0.472 e. The van der Waals surface area contributed by atoms with Crippen LogP contribution >= 0.6 is 7.82 Å². The van der Waals surface area contributed by atoms with Crippen molar-refractivity contribution in [3.05, 3.63) is 60.8 Å². The fraction of sp³-hybridized carbons (Fsp3) is 0.810. The van der Waals surface area contributed by atoms with Crippen LogP contribution in [0.3, 0.4) is 0 Å². The van der Waals surface area contributed by atoms with E-state index < -0.39 is 26.5 Å². The molecule has 0 spiro atoms. The zero-order chi connectivity index (χ0) is 53.5. The summed E-state index contributed by atoms with van der Waals surface area (Å²) in [5.74, 6) is -0.784. The number of hydrogen-bond acceptors (Lipinski definition) is 7. The normalized spacial score (nSPS) is 13.7. The summed E-state index contributed by atoms with van der Waals surface area (Å²) in [5.41, 5.74) is 0. The van der Waals surface area contributed by atoms with Crippen LogP contribution in [0.15, 0.2) is 60.8 Å². The number of likely N-dealkylation sites (N-methyl/N-ethyl adjacent to an activating group) is 1. The second kappa shape index (κ2) is 54.5. The molecule has 0 saturated heterocycles. The zero-order valence-electron chi connectivity index (χ0n) is 48.4. The maximum atomic E-state index is 12.8. The fourth-order valence-corrected chi connectivity index (χ4v) is 9.37. The summed E-state index contributed by atoms with van der Waals surface area (Å²) in [5, 5.41) is 0. The van der Waals surface area contributed by atoms with Crippen LogP contribution in [-0.4, -0.2) is 74.9 Å². The molecule has 0 aliphatic heterocycles. The van der Waals surface area contributed by atoms with Crippen molar-refractivity contribution in [1.29, 1.82) is 0 Å². The molecule has 0 saturated carbocycles. The van der Waals surface area contributed by atoms with Gasteiger partial charge in [-0.25, -0.2) is 4.57 Å². The van der Waals surface area contributed by atoms with Crippen LogP contribution in [0.25, 0.3) is 0 Å². The molecule has 0 aliphatic rings. The molecule has 10 heteroatoms. The van der Waals surface area contributed by atoms with Gasteiger partial charge in [0.1, 0.15) is 19.8 Å². The quantitative estimate of drug-likeness (QED) is 0.0211. The van der Waals surface area contributed by atoms with Gasteiger partial charge in [-0.2, -0.15) is 0 Å². The molecule has 2 unspecified atom stereocenters. The highest BCUT2D eigenvalue weighted by Gasteiger charge is 2.27. The number of nitrogens with zero attached hydrogens (tertiary/aromatic N) is 1. The van der Waals surface area contributed by atoms with Crippen molar-refractivity contribution in [2.45, 2.75) is 283 Å². The molecule has 9 nitrogen and oxygen atoms in total. The van der Waals surface area contributed by atoms with Gasteiger partial charge in [-0.15, -0.1) is 0 Å². The number of unbranched alkanes of at least 4 members (excludes halogenated alkanes) is 32. The van der Waals surface area contributed by atoms with Crippen LogP contribution in [-0.2, 0) is 32.7 Å². The number of carbonyl (C=O) groups is 2. The fourth-order valence-electron chi connectivity index (χ4n) is 8.63. The second-order valence-corrected chi connectivity index (χ2v) is 23.2. The maximum Gasteiger partial charge on any atom is 0.472 e. The molecule has 0 bridgehead atoms. The summed E-state index contributed by atoms with van der Waals surface area (Å²) in [7, 11) is 1.49. The van der Waals surface area contributed by atoms with E-state index in [9.17, 15) is 19.0 Å². The molecule has 73 heavy (non-hydrogen) atoms. The van der Waals surface area contributed by atoms with Gasteiger partial charge < -0.3 is 18.9 Å². The highest BCUT2D eigenvalue weighted by molar-refractivity contribution is 7.47. The van der Waals surface area contributed by atoms with Gasteiger partial charge in [0.2, 0.25) is 0 Å². The molecule has 0 aromatic rings. The number of phosphoric acid groups is 1. The first-order valence-corrected chi connectivity index (χ1v) is 32.0. The molecule has 0 amide bonds. The minimum atomic E-state index is -4.38. The van der Waals surface area contributed by atoms with E-state index in [-0.39, 0.29) is 25.6 Å². The first-order valence-electron chi connectivity index (χ1n) is 30.5. The Balaban J connectivity index is 4.03. The van der Waals surface area contributed by atoms with E-state index >= 15 is 0 Å². The Morgan fingerprint density at radius 1 is 0.438 bits per heavy atom. The third-order valence-electron chi connectivity index (χ3n) is 13.3. The Morgan fingerprint density at radius 3 is 1.16 bits per heavy atom. The predicted octanol–water partition coefficient (Wildman–Crippen LogP) is 19.1. The van der Waals surface area contributed by atoms with E-state index in [1.54, 1.807) is 0 Å². The molecule has 1 N–H and O–H groups in total. The first-order chi connectivity index (χ1) is 35.5. The lowest BCUT2D eigenvalue weighted by molar-refractivity contribution is -0.870. The van der Waals surface area contributed by atoms with Gasteiger partial charge in [0, 0.05) is 12.8 Å². The first kappa shape index (κ1) is 70.7. The number of quaternary nitrogens is 1. The summed E-state index contributed by atoms with van der Waals surface area (Å²) in [4.78, 5) is 35.7. The monoisotopic (exact) mass is 1050 g/mol. The molecular formula is C63H117NO8P+. The smallest absolute Gasteiger partial charge is 0.462 e. The number of phosphoric ester groups is 1. The number of hydrogen-bond donors (Lipinski definition) is 1. The van der Waals surface area contributed by atoms with Crippen LogP contribution < -0.4 is 0 Å². The van der Waals surface area contributed by atoms with Crippen molar-refractivity contribution in [1.82, 2.24) is 0 Å². The van der Waals surface area contributed by atoms with Gasteiger partial charge in [0.15, 0.2) is 6.10 Å². The second-order valence-electron chi connectivity index (χ2n) is 21.7. The number of esters is 2. The van der Waals surface area contributed by atoms with Gasteiger partial charge >= 0.3 is 19.8 Å². The van der Waals surface area contributed by atoms with Gasteiger partial charge in [-0.3, -0.25) is 18.6 Å². The molecule has 0 aliphatic carbocycles. The SMILES string of the molecule is CC/C=C\C/C=C\C/C=C\C/C=C\C/C=C\CCCCCCCCCCCCCCCCCCCC(=O)OC(COC(=O)CCCCCCCCCCCCCCCCCC)COP(=O)(O)OCC[N+](C)(C)C. The average Bonchev–Trinajstić information content (AvgIpc) is 3.35. The number of ether oxygens (including phenoxy) is 2. The lowest BCUT2D eigenvalue weighted by atomic mass is 10.0. The third-order valence-corrected chi connectivity index (χ3v) is 14.3. The number of allylic oxidation sites excluding steroid dienone is 10. The van der Waals surface area contributed by atoms with E-state index in [2.05, 4.69) is 74.6 Å². The maximum absolute atomic E-state index is 12.8. The predicted molar refractivity (Wildman–Crippen MR) is 312 cm³/mol. The van der Waals surface area contributed by atoms with Crippen LogP contribution in [0, 0.1) is 0 Å². The third kappa shape index (κ3) is 58.8.